The van der Waals surface area contributed by atoms with Gasteiger partial charge in [-0.15, -0.1) is 0 Å². The van der Waals surface area contributed by atoms with E-state index in [1.165, 1.54) is 30.4 Å². The maximum absolute atomic E-state index is 10.2. The topological polar surface area (TPSA) is 169 Å². The number of aliphatic hydroxyl groups excluding tert-OH is 5. The first-order valence-corrected chi connectivity index (χ1v) is 9.04. The number of ether oxygens (including phenoxy) is 3. The van der Waals surface area contributed by atoms with Crippen molar-refractivity contribution in [1.82, 2.24) is 0 Å². The molecule has 0 amide bonds. The molecular weight excluding hydrogens is 400 g/mol. The Morgan fingerprint density at radius 1 is 0.967 bits per heavy atom. The van der Waals surface area contributed by atoms with Crippen molar-refractivity contribution in [3.05, 3.63) is 64.8 Å². The first kappa shape index (κ1) is 20.1. The Hall–Kier alpha value is -3.18. The van der Waals surface area contributed by atoms with Crippen LogP contribution in [-0.2, 0) is 14.2 Å². The van der Waals surface area contributed by atoms with Crippen LogP contribution in [0, 0.1) is 0 Å². The molecule has 160 valence electrons. The van der Waals surface area contributed by atoms with Gasteiger partial charge in [-0.05, 0) is 24.3 Å². The molecule has 3 aliphatic rings. The molecule has 5 atom stereocenters. The van der Waals surface area contributed by atoms with Crippen LogP contribution in [0.25, 0.3) is 5.76 Å². The van der Waals surface area contributed by atoms with Crippen LogP contribution in [0.15, 0.2) is 59.3 Å². The summed E-state index contributed by atoms with van der Waals surface area (Å²) in [5.74, 6) is -1.22. The smallest absolute Gasteiger partial charge is 0.229 e. The highest BCUT2D eigenvalue weighted by Gasteiger charge is 2.45. The fraction of sp³-hybridized carbons (Fsp3) is 0.300. The number of hydrogen-bond donors (Lipinski definition) is 7. The fourth-order valence-electron chi connectivity index (χ4n) is 3.36. The molecular formula is C20H20O10. The average molecular weight is 420 g/mol. The summed E-state index contributed by atoms with van der Waals surface area (Å²) < 4.78 is 16.9. The highest BCUT2D eigenvalue weighted by molar-refractivity contribution is 5.70. The van der Waals surface area contributed by atoms with Crippen LogP contribution < -0.4 is 0 Å². The molecule has 1 aliphatic carbocycles. The molecule has 0 aromatic heterocycles. The summed E-state index contributed by atoms with van der Waals surface area (Å²) in [6.07, 6.45) is -2.28. The fourth-order valence-corrected chi connectivity index (χ4v) is 3.36. The number of allylic oxidation sites excluding steroid dienone is 2. The van der Waals surface area contributed by atoms with Crippen molar-refractivity contribution in [2.45, 2.75) is 30.7 Å². The van der Waals surface area contributed by atoms with E-state index in [0.717, 1.165) is 6.08 Å². The van der Waals surface area contributed by atoms with Gasteiger partial charge in [0.15, 0.2) is 23.0 Å². The summed E-state index contributed by atoms with van der Waals surface area (Å²) >= 11 is 0. The van der Waals surface area contributed by atoms with Crippen LogP contribution >= 0.6 is 0 Å². The number of phenols is 2. The summed E-state index contributed by atoms with van der Waals surface area (Å²) in [6.45, 7) is -0.539. The van der Waals surface area contributed by atoms with Crippen LogP contribution in [0.2, 0.25) is 0 Å². The van der Waals surface area contributed by atoms with Crippen LogP contribution in [0.1, 0.15) is 5.56 Å². The van der Waals surface area contributed by atoms with E-state index in [0.29, 0.717) is 0 Å². The third kappa shape index (κ3) is 3.46. The molecule has 7 N–H and O–H groups in total. The lowest BCUT2D eigenvalue weighted by molar-refractivity contribution is -0.145. The van der Waals surface area contributed by atoms with E-state index in [-0.39, 0.29) is 39.9 Å². The van der Waals surface area contributed by atoms with E-state index < -0.39 is 43.1 Å². The lowest BCUT2D eigenvalue weighted by atomic mass is 9.97. The summed E-state index contributed by atoms with van der Waals surface area (Å²) in [6, 6.07) is 3.88. The van der Waals surface area contributed by atoms with Crippen molar-refractivity contribution in [3.8, 4) is 11.5 Å². The lowest BCUT2D eigenvalue weighted by Crippen LogP contribution is -2.34. The van der Waals surface area contributed by atoms with Gasteiger partial charge in [-0.3, -0.25) is 0 Å². The number of aromatic hydroxyl groups is 2. The molecule has 2 aliphatic heterocycles. The number of phenolic OH excluding ortho intramolecular Hbond substituents is 2. The Balaban J connectivity index is 1.76. The minimum atomic E-state index is -1.47. The summed E-state index contributed by atoms with van der Waals surface area (Å²) in [5, 5.41) is 68.7. The maximum Gasteiger partial charge on any atom is 0.229 e. The van der Waals surface area contributed by atoms with Gasteiger partial charge in [0.05, 0.1) is 6.61 Å². The minimum Gasteiger partial charge on any atom is -0.508 e. The molecule has 0 spiro atoms. The van der Waals surface area contributed by atoms with Gasteiger partial charge in [-0.1, -0.05) is 0 Å². The first-order chi connectivity index (χ1) is 14.3. The second-order valence-electron chi connectivity index (χ2n) is 6.98. The van der Waals surface area contributed by atoms with E-state index in [1.807, 2.05) is 0 Å². The second-order valence-corrected chi connectivity index (χ2v) is 6.98. The molecule has 1 saturated heterocycles. The Morgan fingerprint density at radius 3 is 2.40 bits per heavy atom. The third-order valence-corrected chi connectivity index (χ3v) is 4.94. The van der Waals surface area contributed by atoms with Gasteiger partial charge in [0.1, 0.15) is 35.9 Å². The predicted molar refractivity (Wildman–Crippen MR) is 99.9 cm³/mol. The van der Waals surface area contributed by atoms with E-state index in [2.05, 4.69) is 0 Å². The van der Waals surface area contributed by atoms with Crippen LogP contribution in [0.4, 0.5) is 0 Å². The van der Waals surface area contributed by atoms with Gasteiger partial charge >= 0.3 is 0 Å². The molecule has 0 bridgehead atoms. The van der Waals surface area contributed by atoms with Gasteiger partial charge in [0, 0.05) is 23.3 Å². The quantitative estimate of drug-likeness (QED) is 0.339. The number of fused-ring (bicyclic) bond motifs is 1. The normalized spacial score (nSPS) is 30.8. The SMILES string of the molecule is OCC1OC(OC2=C(c3ccc(O)c(O)c3)OC3C=C(O)C=C(O)C3=C2)C(O)C1O. The Labute approximate surface area is 170 Å². The molecule has 1 aromatic rings. The molecule has 1 aromatic carbocycles. The van der Waals surface area contributed by atoms with Gasteiger partial charge < -0.3 is 50.0 Å². The number of benzene rings is 1. The van der Waals surface area contributed by atoms with Crippen LogP contribution in [0.3, 0.4) is 0 Å². The van der Waals surface area contributed by atoms with Crippen molar-refractivity contribution in [1.29, 1.82) is 0 Å². The summed E-state index contributed by atoms with van der Waals surface area (Å²) in [5.41, 5.74) is 0.533. The van der Waals surface area contributed by atoms with Crippen LogP contribution in [-0.4, -0.2) is 73.1 Å². The Morgan fingerprint density at radius 2 is 1.73 bits per heavy atom. The monoisotopic (exact) mass is 420 g/mol. The minimum absolute atomic E-state index is 0.0177. The van der Waals surface area contributed by atoms with E-state index in [4.69, 9.17) is 14.2 Å². The zero-order valence-electron chi connectivity index (χ0n) is 15.4. The molecule has 10 nitrogen and oxygen atoms in total. The van der Waals surface area contributed by atoms with E-state index >= 15 is 0 Å². The van der Waals surface area contributed by atoms with Crippen molar-refractivity contribution in [3.63, 3.8) is 0 Å². The van der Waals surface area contributed by atoms with E-state index in [9.17, 15) is 35.7 Å². The predicted octanol–water partition coefficient (Wildman–Crippen LogP) is 0.445. The number of hydrogen-bond acceptors (Lipinski definition) is 10. The van der Waals surface area contributed by atoms with Crippen molar-refractivity contribution in [2.24, 2.45) is 0 Å². The third-order valence-electron chi connectivity index (χ3n) is 4.94. The molecule has 2 heterocycles. The Bertz CT molecular complexity index is 976. The van der Waals surface area contributed by atoms with Gasteiger partial charge in [-0.25, -0.2) is 0 Å². The standard InChI is InChI=1S/C20H20O10/c21-7-16-17(26)18(27)20(30-16)29-15-6-10-12(24)4-9(22)5-14(10)28-19(15)8-1-2-11(23)13(25)3-8/h1-6,14,16-18,20-27H,7H2. The zero-order chi connectivity index (χ0) is 21.6. The number of aliphatic hydroxyl groups is 5. The highest BCUT2D eigenvalue weighted by Crippen LogP contribution is 2.39. The van der Waals surface area contributed by atoms with Crippen molar-refractivity contribution < 1.29 is 50.0 Å². The first-order valence-electron chi connectivity index (χ1n) is 9.04. The van der Waals surface area contributed by atoms with E-state index in [1.54, 1.807) is 0 Å². The molecule has 4 rings (SSSR count). The highest BCUT2D eigenvalue weighted by atomic mass is 16.7. The molecule has 1 fully saturated rings. The van der Waals surface area contributed by atoms with Crippen molar-refractivity contribution >= 4 is 5.76 Å². The molecule has 10 heteroatoms. The summed E-state index contributed by atoms with van der Waals surface area (Å²) in [4.78, 5) is 0. The number of rotatable bonds is 4. The van der Waals surface area contributed by atoms with Gasteiger partial charge in [0.25, 0.3) is 0 Å². The molecule has 0 saturated carbocycles. The Kier molecular flexibility index (Phi) is 5.08. The maximum atomic E-state index is 10.2. The molecule has 0 radical (unpaired) electrons. The summed E-state index contributed by atoms with van der Waals surface area (Å²) in [7, 11) is 0. The van der Waals surface area contributed by atoms with Gasteiger partial charge in [-0.2, -0.15) is 0 Å². The average Bonchev–Trinajstić information content (AvgIpc) is 2.98. The second kappa shape index (κ2) is 7.58. The van der Waals surface area contributed by atoms with Gasteiger partial charge in [0.2, 0.25) is 6.29 Å². The molecule has 30 heavy (non-hydrogen) atoms. The van der Waals surface area contributed by atoms with Crippen LogP contribution in [0.5, 0.6) is 11.5 Å². The van der Waals surface area contributed by atoms with Crippen molar-refractivity contribution in [2.75, 3.05) is 6.61 Å². The zero-order valence-corrected chi connectivity index (χ0v) is 15.4. The molecule has 5 unspecified atom stereocenters. The lowest BCUT2D eigenvalue weighted by Gasteiger charge is -2.30. The largest absolute Gasteiger partial charge is 0.508 e.